The van der Waals surface area contributed by atoms with Gasteiger partial charge in [-0.25, -0.2) is 4.79 Å². The van der Waals surface area contributed by atoms with E-state index < -0.39 is 17.4 Å². The standard InChI is InChI=1S/C15H10BrN3O4/c16-9-6-11(17-7-9)14(21)19-18-13(20)10-5-8-3-1-2-4-12(8)23-15(10)22/h1-7,17H,(H,18,20)(H,19,21). The minimum absolute atomic E-state index is 0.198. The number of carbonyl (C=O) groups excluding carboxylic acids is 2. The first-order chi connectivity index (χ1) is 11.0. The topological polar surface area (TPSA) is 104 Å². The molecule has 1 aromatic carbocycles. The number of rotatable bonds is 2. The fraction of sp³-hybridized carbons (Fsp3) is 0. The molecule has 2 aromatic heterocycles. The number of benzene rings is 1. The first-order valence-electron chi connectivity index (χ1n) is 6.52. The lowest BCUT2D eigenvalue weighted by Crippen LogP contribution is -2.43. The summed E-state index contributed by atoms with van der Waals surface area (Å²) in [5.74, 6) is -1.31. The molecule has 2 heterocycles. The number of hydrazine groups is 1. The second-order valence-corrected chi connectivity index (χ2v) is 5.54. The van der Waals surface area contributed by atoms with E-state index in [1.165, 1.54) is 6.07 Å². The molecule has 0 aliphatic heterocycles. The number of aromatic nitrogens is 1. The molecule has 0 atom stereocenters. The highest BCUT2D eigenvalue weighted by atomic mass is 79.9. The molecule has 0 saturated carbocycles. The zero-order valence-corrected chi connectivity index (χ0v) is 13.1. The third-order valence-corrected chi connectivity index (χ3v) is 3.53. The Morgan fingerprint density at radius 3 is 2.57 bits per heavy atom. The van der Waals surface area contributed by atoms with Crippen LogP contribution in [0.15, 0.2) is 56.3 Å². The molecule has 8 heteroatoms. The summed E-state index contributed by atoms with van der Waals surface area (Å²) in [5, 5.41) is 0.608. The van der Waals surface area contributed by atoms with Gasteiger partial charge in [-0.05, 0) is 34.1 Å². The highest BCUT2D eigenvalue weighted by molar-refractivity contribution is 9.10. The molecule has 2 amide bonds. The molecule has 0 radical (unpaired) electrons. The largest absolute Gasteiger partial charge is 0.422 e. The number of hydrogen-bond acceptors (Lipinski definition) is 4. The van der Waals surface area contributed by atoms with Crippen LogP contribution in [0.2, 0.25) is 0 Å². The Balaban J connectivity index is 1.77. The van der Waals surface area contributed by atoms with Gasteiger partial charge >= 0.3 is 5.63 Å². The van der Waals surface area contributed by atoms with Crippen LogP contribution in [0.4, 0.5) is 0 Å². The Morgan fingerprint density at radius 2 is 1.83 bits per heavy atom. The van der Waals surface area contributed by atoms with Crippen LogP contribution in [0.3, 0.4) is 0 Å². The first-order valence-corrected chi connectivity index (χ1v) is 7.31. The van der Waals surface area contributed by atoms with Crippen LogP contribution >= 0.6 is 15.9 Å². The van der Waals surface area contributed by atoms with E-state index in [-0.39, 0.29) is 11.3 Å². The second kappa shape index (κ2) is 6.09. The molecule has 0 saturated heterocycles. The monoisotopic (exact) mass is 375 g/mol. The summed E-state index contributed by atoms with van der Waals surface area (Å²) in [7, 11) is 0. The zero-order chi connectivity index (χ0) is 16.4. The average molecular weight is 376 g/mol. The van der Waals surface area contributed by atoms with Gasteiger partial charge < -0.3 is 9.40 Å². The van der Waals surface area contributed by atoms with Gasteiger partial charge in [0.25, 0.3) is 11.8 Å². The Hall–Kier alpha value is -2.87. The number of carbonyl (C=O) groups is 2. The van der Waals surface area contributed by atoms with Crippen LogP contribution in [0.1, 0.15) is 20.8 Å². The van der Waals surface area contributed by atoms with Crippen molar-refractivity contribution in [2.75, 3.05) is 0 Å². The van der Waals surface area contributed by atoms with Crippen molar-refractivity contribution >= 4 is 38.7 Å². The third-order valence-electron chi connectivity index (χ3n) is 3.07. The summed E-state index contributed by atoms with van der Waals surface area (Å²) < 4.78 is 5.77. The van der Waals surface area contributed by atoms with Gasteiger partial charge in [0, 0.05) is 16.1 Å². The van der Waals surface area contributed by atoms with E-state index in [2.05, 4.69) is 31.8 Å². The van der Waals surface area contributed by atoms with Crippen molar-refractivity contribution < 1.29 is 14.0 Å². The molecule has 3 rings (SSSR count). The van der Waals surface area contributed by atoms with E-state index in [1.54, 1.807) is 36.5 Å². The van der Waals surface area contributed by atoms with E-state index >= 15 is 0 Å². The number of hydrogen-bond donors (Lipinski definition) is 3. The summed E-state index contributed by atoms with van der Waals surface area (Å²) in [5.41, 5.74) is 4.05. The predicted octanol–water partition coefficient (Wildman–Crippen LogP) is 1.96. The van der Waals surface area contributed by atoms with Gasteiger partial charge in [-0.1, -0.05) is 18.2 Å². The lowest BCUT2D eigenvalue weighted by molar-refractivity contribution is 0.0842. The average Bonchev–Trinajstić information content (AvgIpc) is 2.98. The lowest BCUT2D eigenvalue weighted by Gasteiger charge is -2.06. The molecule has 0 bridgehead atoms. The number of para-hydroxylation sites is 1. The fourth-order valence-corrected chi connectivity index (χ4v) is 2.31. The number of nitrogens with one attached hydrogen (secondary N) is 3. The molecule has 0 spiro atoms. The van der Waals surface area contributed by atoms with Gasteiger partial charge in [-0.2, -0.15) is 0 Å². The van der Waals surface area contributed by atoms with E-state index in [1.807, 2.05) is 0 Å². The molecule has 0 aliphatic rings. The summed E-state index contributed by atoms with van der Waals surface area (Å²) in [6.45, 7) is 0. The van der Waals surface area contributed by atoms with Gasteiger partial charge in [-0.3, -0.25) is 20.4 Å². The van der Waals surface area contributed by atoms with E-state index in [9.17, 15) is 14.4 Å². The molecule has 23 heavy (non-hydrogen) atoms. The maximum absolute atomic E-state index is 12.0. The highest BCUT2D eigenvalue weighted by Gasteiger charge is 2.15. The smallest absolute Gasteiger partial charge is 0.349 e. The molecular weight excluding hydrogens is 366 g/mol. The number of aromatic amines is 1. The Morgan fingerprint density at radius 1 is 1.09 bits per heavy atom. The minimum Gasteiger partial charge on any atom is -0.422 e. The van der Waals surface area contributed by atoms with Gasteiger partial charge in [0.05, 0.1) is 0 Å². The van der Waals surface area contributed by atoms with Crippen molar-refractivity contribution in [2.24, 2.45) is 0 Å². The van der Waals surface area contributed by atoms with Crippen molar-refractivity contribution in [3.05, 3.63) is 68.7 Å². The molecular formula is C15H10BrN3O4. The summed E-state index contributed by atoms with van der Waals surface area (Å²) >= 11 is 3.20. The van der Waals surface area contributed by atoms with Crippen LogP contribution in [0, 0.1) is 0 Å². The zero-order valence-electron chi connectivity index (χ0n) is 11.6. The SMILES string of the molecule is O=C(NNC(=O)c1cc2ccccc2oc1=O)c1cc(Br)c[nH]1. The maximum Gasteiger partial charge on any atom is 0.349 e. The molecule has 116 valence electrons. The van der Waals surface area contributed by atoms with Crippen molar-refractivity contribution in [1.82, 2.24) is 15.8 Å². The highest BCUT2D eigenvalue weighted by Crippen LogP contribution is 2.12. The van der Waals surface area contributed by atoms with Crippen LogP contribution in [-0.4, -0.2) is 16.8 Å². The van der Waals surface area contributed by atoms with Crippen LogP contribution in [-0.2, 0) is 0 Å². The summed E-state index contributed by atoms with van der Waals surface area (Å²) in [4.78, 5) is 38.4. The molecule has 3 aromatic rings. The Labute approximate surface area is 137 Å². The number of H-pyrrole nitrogens is 1. The second-order valence-electron chi connectivity index (χ2n) is 4.63. The van der Waals surface area contributed by atoms with E-state index in [0.717, 1.165) is 0 Å². The van der Waals surface area contributed by atoms with Crippen LogP contribution < -0.4 is 16.5 Å². The van der Waals surface area contributed by atoms with E-state index in [0.29, 0.717) is 15.4 Å². The Bertz CT molecular complexity index is 961. The maximum atomic E-state index is 12.0. The minimum atomic E-state index is -0.780. The number of fused-ring (bicyclic) bond motifs is 1. The predicted molar refractivity (Wildman–Crippen MR) is 85.9 cm³/mol. The van der Waals surface area contributed by atoms with Crippen molar-refractivity contribution in [3.8, 4) is 0 Å². The van der Waals surface area contributed by atoms with Gasteiger partial charge in [0.1, 0.15) is 16.8 Å². The quantitative estimate of drug-likeness (QED) is 0.470. The first kappa shape index (κ1) is 15.0. The van der Waals surface area contributed by atoms with E-state index in [4.69, 9.17) is 4.42 Å². The molecule has 0 unspecified atom stereocenters. The molecule has 0 aliphatic carbocycles. The molecule has 0 fully saturated rings. The van der Waals surface area contributed by atoms with Gasteiger partial charge in [-0.15, -0.1) is 0 Å². The van der Waals surface area contributed by atoms with Gasteiger partial charge in [0.15, 0.2) is 0 Å². The fourth-order valence-electron chi connectivity index (χ4n) is 1.97. The number of amides is 2. The molecule has 7 nitrogen and oxygen atoms in total. The van der Waals surface area contributed by atoms with Crippen LogP contribution in [0.25, 0.3) is 11.0 Å². The molecule has 3 N–H and O–H groups in total. The summed E-state index contributed by atoms with van der Waals surface area (Å²) in [6.07, 6.45) is 1.58. The number of halogens is 1. The van der Waals surface area contributed by atoms with Crippen molar-refractivity contribution in [2.45, 2.75) is 0 Å². The van der Waals surface area contributed by atoms with Crippen molar-refractivity contribution in [3.63, 3.8) is 0 Å². The van der Waals surface area contributed by atoms with Gasteiger partial charge in [0.2, 0.25) is 0 Å². The summed E-state index contributed by atoms with van der Waals surface area (Å²) in [6, 6.07) is 9.78. The third kappa shape index (κ3) is 3.16. The van der Waals surface area contributed by atoms with Crippen LogP contribution in [0.5, 0.6) is 0 Å². The lowest BCUT2D eigenvalue weighted by atomic mass is 10.2. The van der Waals surface area contributed by atoms with Crippen molar-refractivity contribution in [1.29, 1.82) is 0 Å². The Kier molecular flexibility index (Phi) is 3.98. The normalized spacial score (nSPS) is 10.5.